The molecular formula is C22H21ClN4O2. The minimum absolute atomic E-state index is 0.149. The monoisotopic (exact) mass is 408 g/mol. The van der Waals surface area contributed by atoms with Crippen molar-refractivity contribution in [2.24, 2.45) is 0 Å². The molecule has 7 heteroatoms. The summed E-state index contributed by atoms with van der Waals surface area (Å²) in [7, 11) is 0. The zero-order chi connectivity index (χ0) is 21.0. The first kappa shape index (κ1) is 20.5. The van der Waals surface area contributed by atoms with Gasteiger partial charge in [-0.25, -0.2) is 4.98 Å². The molecule has 29 heavy (non-hydrogen) atoms. The van der Waals surface area contributed by atoms with E-state index >= 15 is 0 Å². The highest BCUT2D eigenvalue weighted by Crippen LogP contribution is 2.27. The molecule has 0 fully saturated rings. The van der Waals surface area contributed by atoms with Gasteiger partial charge in [0, 0.05) is 41.3 Å². The Bertz CT molecular complexity index is 1050. The summed E-state index contributed by atoms with van der Waals surface area (Å²) in [4.78, 5) is 34.9. The fraction of sp³-hybridized carbons (Fsp3) is 0.182. The molecule has 1 aromatic carbocycles. The average molecular weight is 409 g/mol. The Kier molecular flexibility index (Phi) is 6.24. The molecule has 3 aromatic rings. The molecule has 0 aliphatic rings. The maximum Gasteiger partial charge on any atom is 0.229 e. The Morgan fingerprint density at radius 3 is 2.41 bits per heavy atom. The number of hydrogen-bond acceptors (Lipinski definition) is 4. The van der Waals surface area contributed by atoms with E-state index in [4.69, 9.17) is 11.6 Å². The van der Waals surface area contributed by atoms with Crippen molar-refractivity contribution in [1.29, 1.82) is 0 Å². The molecule has 2 aromatic heterocycles. The number of nitrogens with one attached hydrogen (secondary N) is 1. The second-order valence-corrected chi connectivity index (χ2v) is 7.09. The smallest absolute Gasteiger partial charge is 0.229 e. The molecule has 0 spiro atoms. The van der Waals surface area contributed by atoms with E-state index in [1.165, 1.54) is 11.8 Å². The van der Waals surface area contributed by atoms with Crippen LogP contribution in [0.15, 0.2) is 54.7 Å². The molecule has 1 N–H and O–H groups in total. The lowest BCUT2D eigenvalue weighted by Crippen LogP contribution is -2.24. The van der Waals surface area contributed by atoms with Crippen LogP contribution in [0.4, 0.5) is 17.2 Å². The van der Waals surface area contributed by atoms with Crippen LogP contribution < -0.4 is 10.2 Å². The van der Waals surface area contributed by atoms with E-state index < -0.39 is 0 Å². The molecule has 0 aliphatic heterocycles. The first-order valence-corrected chi connectivity index (χ1v) is 9.46. The summed E-state index contributed by atoms with van der Waals surface area (Å²) >= 11 is 6.13. The van der Waals surface area contributed by atoms with Crippen LogP contribution in [-0.2, 0) is 16.0 Å². The lowest BCUT2D eigenvalue weighted by molar-refractivity contribution is -0.116. The van der Waals surface area contributed by atoms with Gasteiger partial charge < -0.3 is 5.32 Å². The Balaban J connectivity index is 1.84. The zero-order valence-corrected chi connectivity index (χ0v) is 17.2. The van der Waals surface area contributed by atoms with E-state index in [-0.39, 0.29) is 18.2 Å². The number of amides is 2. The number of pyridine rings is 2. The molecule has 148 valence electrons. The summed E-state index contributed by atoms with van der Waals surface area (Å²) in [5.74, 6) is 0.0142. The summed E-state index contributed by atoms with van der Waals surface area (Å²) in [6.45, 7) is 5.20. The summed E-state index contributed by atoms with van der Waals surface area (Å²) in [5.41, 5.74) is 3.57. The molecule has 2 amide bonds. The second kappa shape index (κ2) is 8.84. The summed E-state index contributed by atoms with van der Waals surface area (Å²) in [6.07, 6.45) is 1.70. The predicted octanol–water partition coefficient (Wildman–Crippen LogP) is 4.61. The van der Waals surface area contributed by atoms with Gasteiger partial charge in [0.05, 0.1) is 12.1 Å². The third-order valence-electron chi connectivity index (χ3n) is 4.21. The fourth-order valence-corrected chi connectivity index (χ4v) is 3.26. The normalized spacial score (nSPS) is 10.5. The number of halogens is 1. The minimum Gasteiger partial charge on any atom is -0.326 e. The number of aryl methyl sites for hydroxylation is 2. The van der Waals surface area contributed by atoms with Crippen molar-refractivity contribution in [3.63, 3.8) is 0 Å². The van der Waals surface area contributed by atoms with E-state index in [2.05, 4.69) is 15.3 Å². The van der Waals surface area contributed by atoms with Crippen LogP contribution in [0.5, 0.6) is 0 Å². The maximum atomic E-state index is 12.4. The largest absolute Gasteiger partial charge is 0.326 e. The highest BCUT2D eigenvalue weighted by molar-refractivity contribution is 6.31. The summed E-state index contributed by atoms with van der Waals surface area (Å²) in [6, 6.07) is 14.2. The number of benzene rings is 1. The number of rotatable bonds is 5. The first-order chi connectivity index (χ1) is 13.8. The van der Waals surface area contributed by atoms with Gasteiger partial charge in [0.2, 0.25) is 11.8 Å². The number of hydrogen-bond donors (Lipinski definition) is 1. The number of carbonyl (C=O) groups excluding carboxylic acids is 2. The highest BCUT2D eigenvalue weighted by atomic mass is 35.5. The lowest BCUT2D eigenvalue weighted by Gasteiger charge is -2.21. The van der Waals surface area contributed by atoms with Crippen molar-refractivity contribution in [1.82, 2.24) is 9.97 Å². The second-order valence-electron chi connectivity index (χ2n) is 6.68. The molecule has 6 nitrogen and oxygen atoms in total. The van der Waals surface area contributed by atoms with Crippen LogP contribution in [-0.4, -0.2) is 21.8 Å². The zero-order valence-electron chi connectivity index (χ0n) is 16.4. The maximum absolute atomic E-state index is 12.4. The molecule has 0 atom stereocenters. The number of aromatic nitrogens is 2. The Hall–Kier alpha value is -3.25. The van der Waals surface area contributed by atoms with Gasteiger partial charge in [0.15, 0.2) is 0 Å². The molecule has 3 rings (SSSR count). The van der Waals surface area contributed by atoms with E-state index in [0.717, 1.165) is 17.0 Å². The fourth-order valence-electron chi connectivity index (χ4n) is 3.06. The van der Waals surface area contributed by atoms with Crippen LogP contribution in [0.25, 0.3) is 0 Å². The number of nitrogens with zero attached hydrogens (tertiary/aromatic N) is 3. The molecule has 0 bridgehead atoms. The van der Waals surface area contributed by atoms with Crippen molar-refractivity contribution >= 4 is 40.6 Å². The quantitative estimate of drug-likeness (QED) is 0.668. The predicted molar refractivity (Wildman–Crippen MR) is 115 cm³/mol. The van der Waals surface area contributed by atoms with Gasteiger partial charge in [-0.1, -0.05) is 29.8 Å². The van der Waals surface area contributed by atoms with Crippen molar-refractivity contribution in [3.05, 3.63) is 76.7 Å². The molecule has 0 radical (unpaired) electrons. The van der Waals surface area contributed by atoms with Crippen LogP contribution in [0.2, 0.25) is 5.02 Å². The topological polar surface area (TPSA) is 75.2 Å². The van der Waals surface area contributed by atoms with Gasteiger partial charge in [0.1, 0.15) is 5.82 Å². The Morgan fingerprint density at radius 2 is 1.76 bits per heavy atom. The minimum atomic E-state index is -0.208. The molecule has 2 heterocycles. The van der Waals surface area contributed by atoms with Crippen LogP contribution in [0.1, 0.15) is 23.9 Å². The Labute approximate surface area is 174 Å². The summed E-state index contributed by atoms with van der Waals surface area (Å²) in [5, 5.41) is 3.38. The van der Waals surface area contributed by atoms with Crippen LogP contribution in [0, 0.1) is 13.8 Å². The number of anilines is 3. The van der Waals surface area contributed by atoms with Crippen molar-refractivity contribution in [2.75, 3.05) is 10.2 Å². The van der Waals surface area contributed by atoms with E-state index in [1.807, 2.05) is 44.2 Å². The van der Waals surface area contributed by atoms with E-state index in [9.17, 15) is 9.59 Å². The van der Waals surface area contributed by atoms with Crippen LogP contribution >= 0.6 is 11.6 Å². The molecule has 0 saturated heterocycles. The third kappa shape index (κ3) is 5.18. The number of carbonyl (C=O) groups is 2. The van der Waals surface area contributed by atoms with Crippen molar-refractivity contribution in [3.8, 4) is 0 Å². The third-order valence-corrected chi connectivity index (χ3v) is 4.58. The van der Waals surface area contributed by atoms with Gasteiger partial charge in [-0.3, -0.25) is 19.5 Å². The van der Waals surface area contributed by atoms with E-state index in [1.54, 1.807) is 24.4 Å². The standard InChI is InChI=1S/C22H21ClN4O2/c1-14-10-19(11-15(2)25-14)27(16(3)28)21-13-18(8-9-24-21)26-22(29)12-17-6-4-5-7-20(17)23/h4-11,13H,12H2,1-3H3,(H,24,26,29). The lowest BCUT2D eigenvalue weighted by atomic mass is 10.1. The van der Waals surface area contributed by atoms with Crippen molar-refractivity contribution < 1.29 is 9.59 Å². The highest BCUT2D eigenvalue weighted by Gasteiger charge is 2.17. The van der Waals surface area contributed by atoms with Gasteiger partial charge >= 0.3 is 0 Å². The molecular weight excluding hydrogens is 388 g/mol. The van der Waals surface area contributed by atoms with Crippen LogP contribution in [0.3, 0.4) is 0 Å². The van der Waals surface area contributed by atoms with Gasteiger partial charge in [-0.05, 0) is 43.7 Å². The first-order valence-electron chi connectivity index (χ1n) is 9.09. The summed E-state index contributed by atoms with van der Waals surface area (Å²) < 4.78 is 0. The molecule has 0 unspecified atom stereocenters. The van der Waals surface area contributed by atoms with Gasteiger partial charge in [-0.2, -0.15) is 0 Å². The van der Waals surface area contributed by atoms with Gasteiger partial charge in [-0.15, -0.1) is 0 Å². The Morgan fingerprint density at radius 1 is 1.07 bits per heavy atom. The van der Waals surface area contributed by atoms with Gasteiger partial charge in [0.25, 0.3) is 0 Å². The molecule has 0 aliphatic carbocycles. The molecule has 0 saturated carbocycles. The van der Waals surface area contributed by atoms with Crippen molar-refractivity contribution in [2.45, 2.75) is 27.2 Å². The SMILES string of the molecule is CC(=O)N(c1cc(C)nc(C)c1)c1cc(NC(=O)Cc2ccccc2Cl)ccn1. The van der Waals surface area contributed by atoms with E-state index in [0.29, 0.717) is 22.2 Å². The average Bonchev–Trinajstić information content (AvgIpc) is 2.63.